The molecule has 19 heavy (non-hydrogen) atoms. The summed E-state index contributed by atoms with van der Waals surface area (Å²) in [4.78, 5) is 11.9. The Hall–Kier alpha value is 0.0400. The molecule has 0 fully saturated rings. The fraction of sp³-hybridized carbons (Fsp3) is 0.300. The number of carbonyl (C=O) groups is 1. The van der Waals surface area contributed by atoms with Crippen molar-refractivity contribution in [1.29, 1.82) is 0 Å². The van der Waals surface area contributed by atoms with Crippen LogP contribution in [0.3, 0.4) is 0 Å². The summed E-state index contributed by atoms with van der Waals surface area (Å²) in [6.07, 6.45) is 0.150. The highest BCUT2D eigenvalue weighted by atomic mass is 79.9. The normalized spacial score (nSPS) is 11.4. The predicted molar refractivity (Wildman–Crippen MR) is 82.9 cm³/mol. The summed E-state index contributed by atoms with van der Waals surface area (Å²) in [7, 11) is -3.98. The van der Waals surface area contributed by atoms with Crippen molar-refractivity contribution < 1.29 is 17.8 Å². The van der Waals surface area contributed by atoms with Gasteiger partial charge in [-0.2, -0.15) is 8.42 Å². The molecule has 0 bridgehead atoms. The minimum absolute atomic E-state index is 0.150. The van der Waals surface area contributed by atoms with Crippen LogP contribution in [-0.2, 0) is 10.1 Å². The molecule has 0 unspecified atom stereocenters. The van der Waals surface area contributed by atoms with Crippen LogP contribution in [0.5, 0.6) is 0 Å². The van der Waals surface area contributed by atoms with Crippen molar-refractivity contribution in [2.24, 2.45) is 0 Å². The fourth-order valence-corrected chi connectivity index (χ4v) is 3.42. The van der Waals surface area contributed by atoms with Gasteiger partial charge in [-0.1, -0.05) is 15.9 Å². The third-order valence-corrected chi connectivity index (χ3v) is 5.38. The first-order valence-electron chi connectivity index (χ1n) is 5.08. The number of rotatable bonds is 5. The van der Waals surface area contributed by atoms with Crippen LogP contribution in [0.25, 0.3) is 0 Å². The van der Waals surface area contributed by atoms with E-state index in [-0.39, 0.29) is 24.6 Å². The molecule has 0 saturated carbocycles. The van der Waals surface area contributed by atoms with Crippen LogP contribution in [0.15, 0.2) is 25.6 Å². The van der Waals surface area contributed by atoms with Gasteiger partial charge >= 0.3 is 0 Å². The quantitative estimate of drug-likeness (QED) is 0.386. The van der Waals surface area contributed by atoms with Gasteiger partial charge in [-0.15, -0.1) is 0 Å². The van der Waals surface area contributed by atoms with Gasteiger partial charge in [0.05, 0.1) is 11.3 Å². The molecule has 1 amide bonds. The minimum Gasteiger partial charge on any atom is -0.352 e. The SMILES string of the molecule is O=C(NCCCS(=O)(=O)O)c1cc(Br)cc(Br)c1Br. The maximum atomic E-state index is 11.9. The summed E-state index contributed by atoms with van der Waals surface area (Å²) < 4.78 is 31.7. The Kier molecular flexibility index (Phi) is 6.44. The molecule has 1 aromatic carbocycles. The molecule has 1 rings (SSSR count). The lowest BCUT2D eigenvalue weighted by Crippen LogP contribution is -2.26. The lowest BCUT2D eigenvalue weighted by atomic mass is 10.2. The van der Waals surface area contributed by atoms with E-state index in [9.17, 15) is 13.2 Å². The zero-order chi connectivity index (χ0) is 14.6. The highest BCUT2D eigenvalue weighted by Gasteiger charge is 2.13. The summed E-state index contributed by atoms with van der Waals surface area (Å²) in [5, 5.41) is 2.58. The van der Waals surface area contributed by atoms with E-state index in [1.807, 2.05) is 0 Å². The fourth-order valence-electron chi connectivity index (χ4n) is 1.27. The molecule has 0 aliphatic rings. The van der Waals surface area contributed by atoms with E-state index in [4.69, 9.17) is 4.55 Å². The van der Waals surface area contributed by atoms with E-state index in [1.165, 1.54) is 0 Å². The van der Waals surface area contributed by atoms with Gasteiger partial charge in [-0.25, -0.2) is 0 Å². The Morgan fingerprint density at radius 2 is 1.89 bits per heavy atom. The van der Waals surface area contributed by atoms with Gasteiger partial charge in [0.25, 0.3) is 16.0 Å². The lowest BCUT2D eigenvalue weighted by Gasteiger charge is -2.08. The summed E-state index contributed by atoms with van der Waals surface area (Å²) in [5.41, 5.74) is 0.424. The predicted octanol–water partition coefficient (Wildman–Crippen LogP) is 2.98. The van der Waals surface area contributed by atoms with Gasteiger partial charge < -0.3 is 5.32 Å². The van der Waals surface area contributed by atoms with Crippen LogP contribution in [0.2, 0.25) is 0 Å². The number of halogens is 3. The maximum absolute atomic E-state index is 11.9. The van der Waals surface area contributed by atoms with Crippen LogP contribution in [0, 0.1) is 0 Å². The largest absolute Gasteiger partial charge is 0.352 e. The Balaban J connectivity index is 2.64. The standard InChI is InChI=1S/C10H10Br3NO4S/c11-6-4-7(9(13)8(12)5-6)10(15)14-2-1-3-19(16,17)18/h4-5H,1-3H2,(H,14,15)(H,16,17,18). The number of benzene rings is 1. The molecule has 0 aliphatic heterocycles. The molecule has 0 spiro atoms. The second-order valence-corrected chi connectivity index (χ2v) is 7.78. The molecular formula is C10H10Br3NO4S. The van der Waals surface area contributed by atoms with Gasteiger partial charge in [0.2, 0.25) is 0 Å². The van der Waals surface area contributed by atoms with E-state index >= 15 is 0 Å². The first-order valence-corrected chi connectivity index (χ1v) is 9.07. The van der Waals surface area contributed by atoms with E-state index in [2.05, 4.69) is 53.1 Å². The van der Waals surface area contributed by atoms with E-state index in [0.717, 1.165) is 8.95 Å². The zero-order valence-corrected chi connectivity index (χ0v) is 15.1. The van der Waals surface area contributed by atoms with Crippen LogP contribution in [0.4, 0.5) is 0 Å². The van der Waals surface area contributed by atoms with Crippen molar-refractivity contribution >= 4 is 63.8 Å². The molecule has 0 atom stereocenters. The van der Waals surface area contributed by atoms with Gasteiger partial charge in [-0.3, -0.25) is 9.35 Å². The molecule has 0 radical (unpaired) electrons. The Bertz CT molecular complexity index is 589. The monoisotopic (exact) mass is 477 g/mol. The van der Waals surface area contributed by atoms with Gasteiger partial charge in [0, 0.05) is 20.0 Å². The van der Waals surface area contributed by atoms with Crippen LogP contribution >= 0.6 is 47.8 Å². The maximum Gasteiger partial charge on any atom is 0.264 e. The average Bonchev–Trinajstić information content (AvgIpc) is 2.27. The van der Waals surface area contributed by atoms with Crippen molar-refractivity contribution in [3.05, 3.63) is 31.1 Å². The Morgan fingerprint density at radius 3 is 2.47 bits per heavy atom. The molecule has 0 aliphatic carbocycles. The zero-order valence-electron chi connectivity index (χ0n) is 9.49. The highest BCUT2D eigenvalue weighted by Crippen LogP contribution is 2.30. The first-order chi connectivity index (χ1) is 8.70. The second kappa shape index (κ2) is 7.16. The molecule has 106 valence electrons. The topological polar surface area (TPSA) is 83.5 Å². The van der Waals surface area contributed by atoms with Crippen LogP contribution in [0.1, 0.15) is 16.8 Å². The van der Waals surface area contributed by atoms with Crippen molar-refractivity contribution in [2.45, 2.75) is 6.42 Å². The number of hydrogen-bond acceptors (Lipinski definition) is 3. The summed E-state index contributed by atoms with van der Waals surface area (Å²) in [6.45, 7) is 0.162. The molecule has 5 nitrogen and oxygen atoms in total. The van der Waals surface area contributed by atoms with E-state index < -0.39 is 10.1 Å². The molecule has 9 heteroatoms. The summed E-state index contributed by atoms with van der Waals surface area (Å²) >= 11 is 9.88. The number of carbonyl (C=O) groups excluding carboxylic acids is 1. The van der Waals surface area contributed by atoms with Gasteiger partial charge in [0.1, 0.15) is 0 Å². The summed E-state index contributed by atoms with van der Waals surface area (Å²) in [6, 6.07) is 3.44. The number of amides is 1. The molecule has 0 aromatic heterocycles. The third-order valence-electron chi connectivity index (χ3n) is 2.10. The molecule has 0 heterocycles. The van der Waals surface area contributed by atoms with E-state index in [1.54, 1.807) is 12.1 Å². The van der Waals surface area contributed by atoms with Crippen molar-refractivity contribution in [3.63, 3.8) is 0 Å². The van der Waals surface area contributed by atoms with Crippen LogP contribution < -0.4 is 5.32 Å². The van der Waals surface area contributed by atoms with Gasteiger partial charge in [0.15, 0.2) is 0 Å². The Labute approximate surface area is 136 Å². The van der Waals surface area contributed by atoms with Crippen molar-refractivity contribution in [1.82, 2.24) is 5.32 Å². The number of hydrogen-bond donors (Lipinski definition) is 2. The molecule has 2 N–H and O–H groups in total. The van der Waals surface area contributed by atoms with Crippen molar-refractivity contribution in [2.75, 3.05) is 12.3 Å². The van der Waals surface area contributed by atoms with Crippen molar-refractivity contribution in [3.8, 4) is 0 Å². The molecular weight excluding hydrogens is 470 g/mol. The van der Waals surface area contributed by atoms with E-state index in [0.29, 0.717) is 10.0 Å². The number of nitrogens with one attached hydrogen (secondary N) is 1. The van der Waals surface area contributed by atoms with Crippen LogP contribution in [-0.4, -0.2) is 31.2 Å². The lowest BCUT2D eigenvalue weighted by molar-refractivity contribution is 0.0952. The van der Waals surface area contributed by atoms with Gasteiger partial charge in [-0.05, 0) is 50.4 Å². The highest BCUT2D eigenvalue weighted by molar-refractivity contribution is 9.13. The third kappa shape index (κ3) is 5.90. The minimum atomic E-state index is -3.98. The summed E-state index contributed by atoms with van der Waals surface area (Å²) in [5.74, 6) is -0.708. The average molecular weight is 480 g/mol. The Morgan fingerprint density at radius 1 is 1.26 bits per heavy atom. The first kappa shape index (κ1) is 17.1. The second-order valence-electron chi connectivity index (χ2n) is 3.64. The molecule has 1 aromatic rings. The smallest absolute Gasteiger partial charge is 0.264 e. The molecule has 0 saturated heterocycles.